The fraction of sp³-hybridized carbons (Fsp3) is 0.143. The van der Waals surface area contributed by atoms with Gasteiger partial charge in [0.2, 0.25) is 0 Å². The van der Waals surface area contributed by atoms with Crippen molar-refractivity contribution < 1.29 is 13.6 Å². The minimum absolute atomic E-state index is 0.106. The van der Waals surface area contributed by atoms with Gasteiger partial charge in [-0.3, -0.25) is 14.8 Å². The van der Waals surface area contributed by atoms with Crippen molar-refractivity contribution in [3.05, 3.63) is 83.4 Å². The molecule has 1 amide bonds. The van der Waals surface area contributed by atoms with Crippen LogP contribution in [0, 0.1) is 11.6 Å². The molecule has 0 atom stereocenters. The van der Waals surface area contributed by atoms with Crippen LogP contribution in [0.3, 0.4) is 0 Å². The Bertz CT molecular complexity index is 1250. The van der Waals surface area contributed by atoms with Crippen molar-refractivity contribution in [1.82, 2.24) is 35.5 Å². The predicted molar refractivity (Wildman–Crippen MR) is 110 cm³/mol. The van der Waals surface area contributed by atoms with Crippen LogP contribution in [0.25, 0.3) is 17.1 Å². The Kier molecular flexibility index (Phi) is 6.17. The molecule has 11 heteroatoms. The average molecular weight is 436 g/mol. The topological polar surface area (TPSA) is 124 Å². The summed E-state index contributed by atoms with van der Waals surface area (Å²) in [4.78, 5) is 21.0. The molecule has 0 fully saturated rings. The summed E-state index contributed by atoms with van der Waals surface area (Å²) < 4.78 is 29.2. The molecule has 0 unspecified atom stereocenters. The molecule has 4 rings (SSSR count). The summed E-state index contributed by atoms with van der Waals surface area (Å²) in [7, 11) is 0. The third kappa shape index (κ3) is 4.32. The van der Waals surface area contributed by atoms with Crippen molar-refractivity contribution in [1.29, 1.82) is 0 Å². The second-order valence-electron chi connectivity index (χ2n) is 6.78. The van der Waals surface area contributed by atoms with E-state index in [2.05, 4.69) is 30.8 Å². The van der Waals surface area contributed by atoms with E-state index in [4.69, 9.17) is 5.73 Å². The summed E-state index contributed by atoms with van der Waals surface area (Å²) in [5, 5.41) is 14.2. The number of tetrazole rings is 1. The van der Waals surface area contributed by atoms with Gasteiger partial charge < -0.3 is 11.1 Å². The van der Waals surface area contributed by atoms with E-state index in [0.717, 1.165) is 16.3 Å². The molecule has 0 radical (unpaired) electrons. The van der Waals surface area contributed by atoms with Crippen molar-refractivity contribution >= 4 is 5.91 Å². The third-order valence-electron chi connectivity index (χ3n) is 4.69. The van der Waals surface area contributed by atoms with Gasteiger partial charge in [-0.2, -0.15) is 4.68 Å². The first kappa shape index (κ1) is 21.1. The number of carbonyl (C=O) groups is 1. The molecule has 0 spiro atoms. The zero-order valence-corrected chi connectivity index (χ0v) is 16.7. The molecule has 32 heavy (non-hydrogen) atoms. The lowest BCUT2D eigenvalue weighted by Crippen LogP contribution is -2.23. The highest BCUT2D eigenvalue weighted by atomic mass is 19.2. The SMILES string of the molecule is NCCc1ncc(C(=O)NCc2ccncc2)cc1-c1nnnn1-c1cccc(F)c1F. The van der Waals surface area contributed by atoms with Gasteiger partial charge in [0.15, 0.2) is 17.5 Å². The van der Waals surface area contributed by atoms with E-state index in [1.807, 2.05) is 0 Å². The molecule has 3 N–H and O–H groups in total. The molecule has 0 aliphatic rings. The van der Waals surface area contributed by atoms with E-state index in [-0.39, 0.29) is 29.5 Å². The number of nitrogens with one attached hydrogen (secondary N) is 1. The van der Waals surface area contributed by atoms with Gasteiger partial charge in [-0.1, -0.05) is 6.07 Å². The van der Waals surface area contributed by atoms with Gasteiger partial charge in [-0.25, -0.2) is 8.78 Å². The number of hydrogen-bond acceptors (Lipinski definition) is 7. The zero-order valence-electron chi connectivity index (χ0n) is 16.7. The summed E-state index contributed by atoms with van der Waals surface area (Å²) >= 11 is 0. The highest BCUT2D eigenvalue weighted by molar-refractivity contribution is 5.95. The van der Waals surface area contributed by atoms with E-state index in [1.54, 1.807) is 30.6 Å². The number of carbonyl (C=O) groups excluding carboxylic acids is 1. The van der Waals surface area contributed by atoms with Gasteiger partial charge in [-0.05, 0) is 52.9 Å². The minimum Gasteiger partial charge on any atom is -0.348 e. The Balaban J connectivity index is 1.70. The Morgan fingerprint density at radius 2 is 1.97 bits per heavy atom. The van der Waals surface area contributed by atoms with Crippen molar-refractivity contribution in [3.63, 3.8) is 0 Å². The largest absolute Gasteiger partial charge is 0.348 e. The quantitative estimate of drug-likeness (QED) is 0.453. The maximum Gasteiger partial charge on any atom is 0.253 e. The summed E-state index contributed by atoms with van der Waals surface area (Å²) in [6, 6.07) is 8.82. The van der Waals surface area contributed by atoms with Gasteiger partial charge in [0.25, 0.3) is 5.91 Å². The standard InChI is InChI=1S/C21H18F2N8O/c22-16-2-1-3-18(19(16)23)31-20(28-29-30-31)15-10-14(12-26-17(15)4-7-24)21(32)27-11-13-5-8-25-9-6-13/h1-3,5-6,8-10,12H,4,7,11,24H2,(H,27,32). The van der Waals surface area contributed by atoms with Crippen LogP contribution in [0.1, 0.15) is 21.6 Å². The number of nitrogens with zero attached hydrogens (tertiary/aromatic N) is 6. The molecule has 3 aromatic heterocycles. The van der Waals surface area contributed by atoms with Gasteiger partial charge >= 0.3 is 0 Å². The minimum atomic E-state index is -1.10. The lowest BCUT2D eigenvalue weighted by atomic mass is 10.1. The second-order valence-corrected chi connectivity index (χ2v) is 6.78. The van der Waals surface area contributed by atoms with E-state index < -0.39 is 11.6 Å². The molecule has 0 aliphatic carbocycles. The highest BCUT2D eigenvalue weighted by Gasteiger charge is 2.21. The highest BCUT2D eigenvalue weighted by Crippen LogP contribution is 2.25. The Morgan fingerprint density at radius 1 is 1.16 bits per heavy atom. The monoisotopic (exact) mass is 436 g/mol. The maximum atomic E-state index is 14.4. The van der Waals surface area contributed by atoms with Crippen LogP contribution < -0.4 is 11.1 Å². The summed E-state index contributed by atoms with van der Waals surface area (Å²) in [5.74, 6) is -2.39. The first-order chi connectivity index (χ1) is 15.6. The molecule has 0 saturated heterocycles. The van der Waals surface area contributed by atoms with Crippen LogP contribution in [0.15, 0.2) is 55.0 Å². The van der Waals surface area contributed by atoms with E-state index in [0.29, 0.717) is 24.2 Å². The third-order valence-corrected chi connectivity index (χ3v) is 4.69. The normalized spacial score (nSPS) is 10.8. The molecular weight excluding hydrogens is 418 g/mol. The average Bonchev–Trinajstić information content (AvgIpc) is 3.30. The molecule has 0 bridgehead atoms. The van der Waals surface area contributed by atoms with Crippen molar-refractivity contribution in [2.45, 2.75) is 13.0 Å². The molecule has 3 heterocycles. The van der Waals surface area contributed by atoms with E-state index >= 15 is 0 Å². The van der Waals surface area contributed by atoms with Crippen LogP contribution >= 0.6 is 0 Å². The summed E-state index contributed by atoms with van der Waals surface area (Å²) in [6.45, 7) is 0.580. The molecule has 1 aromatic carbocycles. The van der Waals surface area contributed by atoms with Crippen LogP contribution in [0.5, 0.6) is 0 Å². The summed E-state index contributed by atoms with van der Waals surface area (Å²) in [6.07, 6.45) is 5.06. The van der Waals surface area contributed by atoms with Crippen LogP contribution in [-0.4, -0.2) is 42.6 Å². The van der Waals surface area contributed by atoms with Crippen LogP contribution in [0.2, 0.25) is 0 Å². The van der Waals surface area contributed by atoms with Crippen molar-refractivity contribution in [2.75, 3.05) is 6.54 Å². The molecule has 162 valence electrons. The van der Waals surface area contributed by atoms with Gasteiger partial charge in [-0.15, -0.1) is 5.10 Å². The number of amides is 1. The van der Waals surface area contributed by atoms with Crippen LogP contribution in [-0.2, 0) is 13.0 Å². The fourth-order valence-electron chi connectivity index (χ4n) is 3.11. The van der Waals surface area contributed by atoms with Crippen molar-refractivity contribution in [3.8, 4) is 17.1 Å². The fourth-order valence-corrected chi connectivity index (χ4v) is 3.11. The lowest BCUT2D eigenvalue weighted by molar-refractivity contribution is 0.0950. The van der Waals surface area contributed by atoms with E-state index in [1.165, 1.54) is 18.3 Å². The first-order valence-corrected chi connectivity index (χ1v) is 9.67. The Hall–Kier alpha value is -4.12. The summed E-state index contributed by atoms with van der Waals surface area (Å²) in [5.41, 5.74) is 7.57. The Morgan fingerprint density at radius 3 is 2.75 bits per heavy atom. The number of pyridine rings is 2. The Labute approximate surface area is 181 Å². The first-order valence-electron chi connectivity index (χ1n) is 9.67. The molecule has 9 nitrogen and oxygen atoms in total. The number of aromatic nitrogens is 6. The lowest BCUT2D eigenvalue weighted by Gasteiger charge is -2.12. The molecular formula is C21H18F2N8O. The molecule has 0 saturated carbocycles. The number of hydrogen-bond donors (Lipinski definition) is 2. The zero-order chi connectivity index (χ0) is 22.5. The van der Waals surface area contributed by atoms with Crippen molar-refractivity contribution in [2.24, 2.45) is 5.73 Å². The smallest absolute Gasteiger partial charge is 0.253 e. The predicted octanol–water partition coefficient (Wildman–Crippen LogP) is 1.83. The van der Waals surface area contributed by atoms with Crippen LogP contribution in [0.4, 0.5) is 8.78 Å². The maximum absolute atomic E-state index is 14.4. The van der Waals surface area contributed by atoms with Gasteiger partial charge in [0.1, 0.15) is 5.69 Å². The number of nitrogens with two attached hydrogens (primary N) is 1. The number of benzene rings is 1. The number of halogens is 2. The molecule has 4 aromatic rings. The second kappa shape index (κ2) is 9.35. The molecule has 0 aliphatic heterocycles. The number of rotatable bonds is 7. The van der Waals surface area contributed by atoms with Gasteiger partial charge in [0.05, 0.1) is 11.3 Å². The van der Waals surface area contributed by atoms with E-state index in [9.17, 15) is 13.6 Å². The van der Waals surface area contributed by atoms with Gasteiger partial charge in [0, 0.05) is 37.1 Å².